The summed E-state index contributed by atoms with van der Waals surface area (Å²) in [6.07, 6.45) is 2.02. The first-order chi connectivity index (χ1) is 19.6. The van der Waals surface area contributed by atoms with E-state index in [1.165, 1.54) is 4.90 Å². The third-order valence-corrected chi connectivity index (χ3v) is 7.00. The molecule has 4 N–H and O–H groups in total. The van der Waals surface area contributed by atoms with Gasteiger partial charge in [-0.05, 0) is 70.7 Å². The van der Waals surface area contributed by atoms with Crippen molar-refractivity contribution in [2.24, 2.45) is 5.73 Å². The van der Waals surface area contributed by atoms with Crippen molar-refractivity contribution in [2.45, 2.75) is 98.3 Å². The van der Waals surface area contributed by atoms with Gasteiger partial charge >= 0.3 is 6.09 Å². The van der Waals surface area contributed by atoms with Crippen LogP contribution in [-0.4, -0.2) is 46.9 Å². The first kappa shape index (κ1) is 34.6. The predicted octanol–water partition coefficient (Wildman–Crippen LogP) is 6.12. The summed E-state index contributed by atoms with van der Waals surface area (Å²) in [6.45, 7) is 13.0. The Bertz CT molecular complexity index is 1250. The van der Waals surface area contributed by atoms with Crippen LogP contribution in [-0.2, 0) is 19.1 Å². The van der Waals surface area contributed by atoms with Gasteiger partial charge in [-0.3, -0.25) is 14.4 Å². The minimum Gasteiger partial charge on any atom is -0.444 e. The third-order valence-electron chi connectivity index (χ3n) is 6.68. The molecular weight excluding hydrogens is 556 g/mol. The topological polar surface area (TPSA) is 131 Å². The van der Waals surface area contributed by atoms with E-state index in [0.717, 1.165) is 36.0 Å². The number of unbranched alkanes of at least 4 members (excludes halogenated alkanes) is 3. The van der Waals surface area contributed by atoms with Crippen molar-refractivity contribution in [1.82, 2.24) is 10.2 Å². The number of halogens is 1. The molecule has 0 aliphatic rings. The average molecular weight is 601 g/mol. The highest BCUT2D eigenvalue weighted by molar-refractivity contribution is 6.34. The van der Waals surface area contributed by atoms with Crippen molar-refractivity contribution < 1.29 is 23.9 Å². The highest BCUT2D eigenvalue weighted by Crippen LogP contribution is 2.31. The van der Waals surface area contributed by atoms with Crippen molar-refractivity contribution in [1.29, 1.82) is 0 Å². The number of nitrogens with zero attached hydrogens (tertiary/aromatic N) is 1. The highest BCUT2D eigenvalue weighted by Gasteiger charge is 2.37. The highest BCUT2D eigenvalue weighted by atomic mass is 35.5. The summed E-state index contributed by atoms with van der Waals surface area (Å²) < 4.78 is 5.36. The molecule has 9 nitrogen and oxygen atoms in total. The number of rotatable bonds is 13. The molecule has 0 aliphatic heterocycles. The fourth-order valence-electron chi connectivity index (χ4n) is 4.69. The molecule has 4 amide bonds. The Hall–Kier alpha value is -3.59. The molecule has 0 fully saturated rings. The second kappa shape index (κ2) is 15.6. The second-order valence-corrected chi connectivity index (χ2v) is 12.1. The molecular formula is C32H45ClN4O5. The van der Waals surface area contributed by atoms with Gasteiger partial charge in [0.1, 0.15) is 17.7 Å². The summed E-state index contributed by atoms with van der Waals surface area (Å²) in [6, 6.07) is 8.50. The number of para-hydroxylation sites is 1. The number of nitrogens with one attached hydrogen (secondary N) is 2. The molecule has 0 aliphatic carbocycles. The van der Waals surface area contributed by atoms with Crippen molar-refractivity contribution >= 4 is 41.1 Å². The van der Waals surface area contributed by atoms with Crippen molar-refractivity contribution in [3.05, 3.63) is 63.7 Å². The standard InChI is InChI=1S/C32H45ClN4O5/c1-8-9-10-11-17-37(30(40)25(19-26(34)38)35-31(41)42-32(5,6)7)28(23-16-15-20(2)18-22(23)4)29(39)36-27-21(3)13-12-14-24(27)33/h12-16,18,25,28H,8-11,17,19H2,1-7H3,(H2,34,38)(H,35,41)(H,36,39). The maximum Gasteiger partial charge on any atom is 0.408 e. The molecule has 0 aromatic heterocycles. The van der Waals surface area contributed by atoms with Gasteiger partial charge in [0, 0.05) is 6.54 Å². The number of anilines is 1. The number of ether oxygens (including phenoxy) is 1. The number of carbonyl (C=O) groups excluding carboxylic acids is 4. The minimum atomic E-state index is -1.34. The van der Waals surface area contributed by atoms with E-state index in [9.17, 15) is 19.2 Å². The van der Waals surface area contributed by atoms with Crippen molar-refractivity contribution in [2.75, 3.05) is 11.9 Å². The van der Waals surface area contributed by atoms with E-state index in [1.54, 1.807) is 32.9 Å². The van der Waals surface area contributed by atoms with E-state index < -0.39 is 47.9 Å². The van der Waals surface area contributed by atoms with Gasteiger partial charge in [-0.15, -0.1) is 0 Å². The SMILES string of the molecule is CCCCCCN(C(=O)C(CC(N)=O)NC(=O)OC(C)(C)C)C(C(=O)Nc1c(C)cccc1Cl)c1ccc(C)cc1C. The van der Waals surface area contributed by atoms with E-state index in [1.807, 2.05) is 45.0 Å². The van der Waals surface area contributed by atoms with Crippen LogP contribution in [0.15, 0.2) is 36.4 Å². The maximum absolute atomic E-state index is 14.3. The number of aryl methyl sites for hydroxylation is 3. The van der Waals surface area contributed by atoms with E-state index >= 15 is 0 Å². The van der Waals surface area contributed by atoms with Gasteiger partial charge in [0.25, 0.3) is 5.91 Å². The molecule has 230 valence electrons. The molecule has 2 aromatic rings. The summed E-state index contributed by atoms with van der Waals surface area (Å²) in [5.74, 6) is -1.88. The molecule has 0 saturated heterocycles. The number of hydrogen-bond donors (Lipinski definition) is 3. The Labute approximate surface area is 254 Å². The van der Waals surface area contributed by atoms with Crippen LogP contribution in [0.1, 0.15) is 88.1 Å². The molecule has 0 saturated carbocycles. The van der Waals surface area contributed by atoms with Gasteiger partial charge in [-0.1, -0.05) is 73.7 Å². The number of hydrogen-bond acceptors (Lipinski definition) is 5. The van der Waals surface area contributed by atoms with Gasteiger partial charge in [0.05, 0.1) is 17.1 Å². The first-order valence-corrected chi connectivity index (χ1v) is 14.7. The summed E-state index contributed by atoms with van der Waals surface area (Å²) in [5.41, 5.74) is 8.29. The van der Waals surface area contributed by atoms with E-state index in [4.69, 9.17) is 22.1 Å². The van der Waals surface area contributed by atoms with Gasteiger partial charge < -0.3 is 26.0 Å². The molecule has 0 heterocycles. The fraction of sp³-hybridized carbons (Fsp3) is 0.500. The summed E-state index contributed by atoms with van der Waals surface area (Å²) in [5, 5.41) is 5.82. The van der Waals surface area contributed by atoms with Crippen LogP contribution in [0.5, 0.6) is 0 Å². The van der Waals surface area contributed by atoms with Crippen LogP contribution in [0.4, 0.5) is 10.5 Å². The Morgan fingerprint density at radius 3 is 2.26 bits per heavy atom. The lowest BCUT2D eigenvalue weighted by Crippen LogP contribution is -2.53. The van der Waals surface area contributed by atoms with E-state index in [2.05, 4.69) is 17.6 Å². The summed E-state index contributed by atoms with van der Waals surface area (Å²) in [7, 11) is 0. The molecule has 2 rings (SSSR count). The van der Waals surface area contributed by atoms with Gasteiger partial charge in [-0.25, -0.2) is 4.79 Å². The van der Waals surface area contributed by atoms with Crippen LogP contribution in [0.25, 0.3) is 0 Å². The Balaban J connectivity index is 2.64. The van der Waals surface area contributed by atoms with E-state index in [0.29, 0.717) is 22.7 Å². The molecule has 2 aromatic carbocycles. The quantitative estimate of drug-likeness (QED) is 0.238. The lowest BCUT2D eigenvalue weighted by molar-refractivity contribution is -0.142. The molecule has 2 unspecified atom stereocenters. The Kier molecular flexibility index (Phi) is 12.8. The second-order valence-electron chi connectivity index (χ2n) is 11.6. The number of amides is 4. The number of alkyl carbamates (subject to hydrolysis) is 1. The molecule has 2 atom stereocenters. The molecule has 0 spiro atoms. The number of benzene rings is 2. The van der Waals surface area contributed by atoms with Crippen molar-refractivity contribution in [3.8, 4) is 0 Å². The van der Waals surface area contributed by atoms with Gasteiger partial charge in [-0.2, -0.15) is 0 Å². The third kappa shape index (κ3) is 10.4. The van der Waals surface area contributed by atoms with Crippen molar-refractivity contribution in [3.63, 3.8) is 0 Å². The maximum atomic E-state index is 14.3. The molecule has 0 radical (unpaired) electrons. The first-order valence-electron chi connectivity index (χ1n) is 14.4. The van der Waals surface area contributed by atoms with Crippen LogP contribution in [0.3, 0.4) is 0 Å². The Morgan fingerprint density at radius 2 is 1.69 bits per heavy atom. The van der Waals surface area contributed by atoms with Crippen LogP contribution in [0, 0.1) is 20.8 Å². The van der Waals surface area contributed by atoms with Gasteiger partial charge in [0.15, 0.2) is 0 Å². The summed E-state index contributed by atoms with van der Waals surface area (Å²) >= 11 is 6.45. The number of nitrogens with two attached hydrogens (primary N) is 1. The van der Waals surface area contributed by atoms with E-state index in [-0.39, 0.29) is 6.54 Å². The van der Waals surface area contributed by atoms with Crippen LogP contribution < -0.4 is 16.4 Å². The number of primary amides is 1. The fourth-order valence-corrected chi connectivity index (χ4v) is 4.96. The minimum absolute atomic E-state index is 0.205. The molecule has 10 heteroatoms. The Morgan fingerprint density at radius 1 is 1.00 bits per heavy atom. The smallest absolute Gasteiger partial charge is 0.408 e. The average Bonchev–Trinajstić information content (AvgIpc) is 2.86. The zero-order valence-electron chi connectivity index (χ0n) is 25.8. The monoisotopic (exact) mass is 600 g/mol. The lowest BCUT2D eigenvalue weighted by Gasteiger charge is -2.35. The molecule has 0 bridgehead atoms. The molecule has 42 heavy (non-hydrogen) atoms. The van der Waals surface area contributed by atoms with Crippen LogP contribution >= 0.6 is 11.6 Å². The zero-order valence-corrected chi connectivity index (χ0v) is 26.6. The van der Waals surface area contributed by atoms with Crippen LogP contribution in [0.2, 0.25) is 5.02 Å². The predicted molar refractivity (Wildman–Crippen MR) is 166 cm³/mol. The largest absolute Gasteiger partial charge is 0.444 e. The lowest BCUT2D eigenvalue weighted by atomic mass is 9.95. The normalized spacial score (nSPS) is 12.7. The van der Waals surface area contributed by atoms with Gasteiger partial charge in [0.2, 0.25) is 11.8 Å². The number of carbonyl (C=O) groups is 4. The zero-order chi connectivity index (χ0) is 31.6. The summed E-state index contributed by atoms with van der Waals surface area (Å²) in [4.78, 5) is 54.6.